The van der Waals surface area contributed by atoms with Crippen molar-refractivity contribution >= 4 is 8.56 Å². The van der Waals surface area contributed by atoms with Crippen LogP contribution in [0.2, 0.25) is 12.1 Å². The van der Waals surface area contributed by atoms with E-state index in [1.54, 1.807) is 7.11 Å². The summed E-state index contributed by atoms with van der Waals surface area (Å²) in [6, 6.07) is 2.13. The van der Waals surface area contributed by atoms with Crippen LogP contribution in [0.1, 0.15) is 33.6 Å². The van der Waals surface area contributed by atoms with Crippen molar-refractivity contribution in [2.24, 2.45) is 0 Å². The number of nitrogens with one attached hydrogen (secondary N) is 1. The number of rotatable bonds is 13. The van der Waals surface area contributed by atoms with Gasteiger partial charge in [0.1, 0.15) is 0 Å². The van der Waals surface area contributed by atoms with Gasteiger partial charge in [0.05, 0.1) is 0 Å². The lowest BCUT2D eigenvalue weighted by atomic mass is 10.4. The molecule has 0 aromatic heterocycles. The van der Waals surface area contributed by atoms with E-state index in [2.05, 4.69) is 26.1 Å². The van der Waals surface area contributed by atoms with E-state index in [0.29, 0.717) is 0 Å². The van der Waals surface area contributed by atoms with Crippen LogP contribution in [0.25, 0.3) is 0 Å². The fourth-order valence-electron chi connectivity index (χ4n) is 2.04. The topological polar surface area (TPSA) is 39.7 Å². The molecule has 0 amide bonds. The molecule has 0 rings (SSSR count). The molecule has 0 fully saturated rings. The van der Waals surface area contributed by atoms with Gasteiger partial charge < -0.3 is 18.9 Å². The maximum Gasteiger partial charge on any atom is 0.337 e. The molecule has 0 radical (unpaired) electrons. The van der Waals surface area contributed by atoms with Crippen molar-refractivity contribution in [2.75, 3.05) is 40.0 Å². The Labute approximate surface area is 114 Å². The van der Waals surface area contributed by atoms with Crippen LogP contribution in [0.4, 0.5) is 0 Å². The van der Waals surface area contributed by atoms with E-state index in [1.165, 1.54) is 0 Å². The molecule has 0 unspecified atom stereocenters. The van der Waals surface area contributed by atoms with Crippen LogP contribution in [-0.4, -0.2) is 48.6 Å². The first-order chi connectivity index (χ1) is 8.74. The van der Waals surface area contributed by atoms with E-state index in [1.807, 2.05) is 0 Å². The van der Waals surface area contributed by atoms with Crippen molar-refractivity contribution in [3.05, 3.63) is 0 Å². The second kappa shape index (κ2) is 12.1. The van der Waals surface area contributed by atoms with Crippen LogP contribution in [0.15, 0.2) is 0 Å². The smallest absolute Gasteiger partial charge is 0.337 e. The number of hydrogen-bond donors (Lipinski definition) is 1. The van der Waals surface area contributed by atoms with Crippen LogP contribution in [-0.2, 0) is 13.6 Å². The van der Waals surface area contributed by atoms with E-state index in [-0.39, 0.29) is 0 Å². The Morgan fingerprint density at radius 3 is 2.06 bits per heavy atom. The van der Waals surface area contributed by atoms with Gasteiger partial charge in [-0.15, -0.1) is 0 Å². The zero-order valence-electron chi connectivity index (χ0n) is 12.6. The van der Waals surface area contributed by atoms with Crippen LogP contribution in [0.5, 0.6) is 0 Å². The van der Waals surface area contributed by atoms with Gasteiger partial charge in [0.25, 0.3) is 0 Å². The van der Waals surface area contributed by atoms with E-state index in [0.717, 1.165) is 57.8 Å². The zero-order chi connectivity index (χ0) is 13.7. The first-order valence-electron chi connectivity index (χ1n) is 7.22. The molecule has 0 heterocycles. The highest BCUT2D eigenvalue weighted by molar-refractivity contribution is 6.67. The minimum absolute atomic E-state index is 0.765. The van der Waals surface area contributed by atoms with Gasteiger partial charge in [-0.25, -0.2) is 0 Å². The third-order valence-electron chi connectivity index (χ3n) is 2.97. The first-order valence-corrected chi connectivity index (χ1v) is 9.45. The van der Waals surface area contributed by atoms with E-state index in [4.69, 9.17) is 13.6 Å². The lowest BCUT2D eigenvalue weighted by Gasteiger charge is -2.29. The van der Waals surface area contributed by atoms with Gasteiger partial charge in [-0.1, -0.05) is 6.92 Å². The van der Waals surface area contributed by atoms with Crippen molar-refractivity contribution in [2.45, 2.75) is 45.7 Å². The Hall–Kier alpha value is 0.0569. The van der Waals surface area contributed by atoms with Gasteiger partial charge >= 0.3 is 8.56 Å². The maximum atomic E-state index is 5.93. The highest BCUT2D eigenvalue weighted by Crippen LogP contribution is 2.20. The fraction of sp³-hybridized carbons (Fsp3) is 1.00. The molecule has 0 aliphatic rings. The number of methoxy groups -OCH3 is 1. The Balaban J connectivity index is 3.75. The molecule has 0 bridgehead atoms. The summed E-state index contributed by atoms with van der Waals surface area (Å²) < 4.78 is 16.9. The summed E-state index contributed by atoms with van der Waals surface area (Å²) in [6.07, 6.45) is 2.21. The molecule has 0 aromatic rings. The number of ether oxygens (including phenoxy) is 1. The molecule has 110 valence electrons. The van der Waals surface area contributed by atoms with E-state index in [9.17, 15) is 0 Å². The van der Waals surface area contributed by atoms with Crippen LogP contribution in [0, 0.1) is 0 Å². The highest BCUT2D eigenvalue weighted by Gasteiger charge is 2.33. The quantitative estimate of drug-likeness (QED) is 0.415. The first kappa shape index (κ1) is 18.1. The standard InChI is InChI=1S/C13H31NO3Si/c1-5-16-18(7-3,17-6-2)13-9-11-14-10-8-12-15-4/h14H,5-13H2,1-4H3. The van der Waals surface area contributed by atoms with Gasteiger partial charge in [-0.05, 0) is 51.9 Å². The van der Waals surface area contributed by atoms with Crippen molar-refractivity contribution in [1.82, 2.24) is 5.32 Å². The summed E-state index contributed by atoms with van der Waals surface area (Å²) in [4.78, 5) is 0. The van der Waals surface area contributed by atoms with Crippen molar-refractivity contribution in [1.29, 1.82) is 0 Å². The SMILES string of the molecule is CCO[Si](CC)(CCCNCCCOC)OCC. The molecule has 0 saturated carbocycles. The molecular weight excluding hydrogens is 246 g/mol. The third-order valence-corrected chi connectivity index (χ3v) is 6.79. The fourth-order valence-corrected chi connectivity index (χ4v) is 4.94. The molecule has 1 N–H and O–H groups in total. The average Bonchev–Trinajstić information content (AvgIpc) is 2.38. The van der Waals surface area contributed by atoms with Gasteiger partial charge in [0.15, 0.2) is 0 Å². The second-order valence-corrected chi connectivity index (χ2v) is 7.94. The van der Waals surface area contributed by atoms with Crippen molar-refractivity contribution < 1.29 is 13.6 Å². The molecule has 0 aliphatic carbocycles. The van der Waals surface area contributed by atoms with Gasteiger partial charge in [0.2, 0.25) is 0 Å². The second-order valence-electron chi connectivity index (χ2n) is 4.33. The summed E-state index contributed by atoms with van der Waals surface area (Å²) in [7, 11) is -0.168. The summed E-state index contributed by atoms with van der Waals surface area (Å²) in [5.74, 6) is 0. The molecule has 0 atom stereocenters. The summed E-state index contributed by atoms with van der Waals surface area (Å²) >= 11 is 0. The predicted octanol–water partition coefficient (Wildman–Crippen LogP) is 2.54. The van der Waals surface area contributed by atoms with Gasteiger partial charge in [0, 0.05) is 26.9 Å². The Kier molecular flexibility index (Phi) is 12.1. The van der Waals surface area contributed by atoms with Gasteiger partial charge in [-0.3, -0.25) is 0 Å². The third kappa shape index (κ3) is 8.21. The average molecular weight is 277 g/mol. The summed E-state index contributed by atoms with van der Waals surface area (Å²) in [5.41, 5.74) is 0. The monoisotopic (exact) mass is 277 g/mol. The van der Waals surface area contributed by atoms with Crippen LogP contribution < -0.4 is 5.32 Å². The molecule has 18 heavy (non-hydrogen) atoms. The lowest BCUT2D eigenvalue weighted by molar-refractivity contribution is 0.182. The molecule has 5 heteroatoms. The molecule has 0 spiro atoms. The molecule has 0 saturated heterocycles. The lowest BCUT2D eigenvalue weighted by Crippen LogP contribution is -2.42. The minimum Gasteiger partial charge on any atom is -0.394 e. The zero-order valence-corrected chi connectivity index (χ0v) is 13.6. The van der Waals surface area contributed by atoms with Crippen LogP contribution in [0.3, 0.4) is 0 Å². The van der Waals surface area contributed by atoms with Crippen molar-refractivity contribution in [3.63, 3.8) is 0 Å². The maximum absolute atomic E-state index is 5.93. The Morgan fingerprint density at radius 2 is 1.56 bits per heavy atom. The molecular formula is C13H31NO3Si. The highest BCUT2D eigenvalue weighted by atomic mass is 28.4. The largest absolute Gasteiger partial charge is 0.394 e. The normalized spacial score (nSPS) is 12.0. The summed E-state index contributed by atoms with van der Waals surface area (Å²) in [6.45, 7) is 10.7. The Bertz CT molecular complexity index is 176. The van der Waals surface area contributed by atoms with Gasteiger partial charge in [-0.2, -0.15) is 0 Å². The van der Waals surface area contributed by atoms with Crippen molar-refractivity contribution in [3.8, 4) is 0 Å². The summed E-state index contributed by atoms with van der Waals surface area (Å²) in [5, 5.41) is 3.43. The van der Waals surface area contributed by atoms with E-state index < -0.39 is 8.56 Å². The number of hydrogen-bond acceptors (Lipinski definition) is 4. The molecule has 0 aliphatic heterocycles. The van der Waals surface area contributed by atoms with Crippen LogP contribution >= 0.6 is 0 Å². The predicted molar refractivity (Wildman–Crippen MR) is 78.3 cm³/mol. The van der Waals surface area contributed by atoms with E-state index >= 15 is 0 Å². The molecule has 4 nitrogen and oxygen atoms in total. The Morgan fingerprint density at radius 1 is 0.944 bits per heavy atom. The minimum atomic E-state index is -1.91. The molecule has 0 aromatic carbocycles.